The SMILES string of the molecule is CCN(CC(C)(C)O)C(=O)c1ccc(C)c(NC(=O)c2ccccc2)c1. The summed E-state index contributed by atoms with van der Waals surface area (Å²) >= 11 is 0. The van der Waals surface area contributed by atoms with Gasteiger partial charge in [0.05, 0.1) is 5.60 Å². The van der Waals surface area contributed by atoms with Crippen molar-refractivity contribution in [1.82, 2.24) is 4.90 Å². The number of carbonyl (C=O) groups is 2. The van der Waals surface area contributed by atoms with Crippen LogP contribution in [0.4, 0.5) is 5.69 Å². The minimum absolute atomic E-state index is 0.176. The van der Waals surface area contributed by atoms with E-state index >= 15 is 0 Å². The van der Waals surface area contributed by atoms with E-state index in [1.807, 2.05) is 26.0 Å². The first-order valence-electron chi connectivity index (χ1n) is 8.70. The van der Waals surface area contributed by atoms with Gasteiger partial charge in [-0.05, 0) is 57.5 Å². The van der Waals surface area contributed by atoms with Gasteiger partial charge in [0.1, 0.15) is 0 Å². The minimum Gasteiger partial charge on any atom is -0.389 e. The van der Waals surface area contributed by atoms with E-state index in [-0.39, 0.29) is 18.4 Å². The third-order valence-electron chi connectivity index (χ3n) is 4.02. The van der Waals surface area contributed by atoms with Gasteiger partial charge >= 0.3 is 0 Å². The van der Waals surface area contributed by atoms with Gasteiger partial charge in [-0.1, -0.05) is 24.3 Å². The average Bonchev–Trinajstić information content (AvgIpc) is 2.61. The van der Waals surface area contributed by atoms with E-state index < -0.39 is 5.60 Å². The fourth-order valence-electron chi connectivity index (χ4n) is 2.65. The Morgan fingerprint density at radius 1 is 1.08 bits per heavy atom. The van der Waals surface area contributed by atoms with Crippen LogP contribution in [-0.2, 0) is 0 Å². The summed E-state index contributed by atoms with van der Waals surface area (Å²) in [4.78, 5) is 26.8. The Bertz CT molecular complexity index is 780. The third-order valence-corrected chi connectivity index (χ3v) is 4.02. The molecular weight excluding hydrogens is 328 g/mol. The molecule has 0 radical (unpaired) electrons. The molecule has 0 fully saturated rings. The molecule has 0 saturated carbocycles. The van der Waals surface area contributed by atoms with Crippen molar-refractivity contribution >= 4 is 17.5 Å². The van der Waals surface area contributed by atoms with Crippen molar-refractivity contribution in [2.75, 3.05) is 18.4 Å². The number of carbonyl (C=O) groups excluding carboxylic acids is 2. The van der Waals surface area contributed by atoms with Gasteiger partial charge in [-0.3, -0.25) is 9.59 Å². The molecule has 5 nitrogen and oxygen atoms in total. The summed E-state index contributed by atoms with van der Waals surface area (Å²) in [7, 11) is 0. The second-order valence-corrected chi connectivity index (χ2v) is 6.98. The van der Waals surface area contributed by atoms with E-state index in [1.54, 1.807) is 55.1 Å². The molecule has 0 aliphatic heterocycles. The monoisotopic (exact) mass is 354 g/mol. The van der Waals surface area contributed by atoms with Crippen LogP contribution in [0.2, 0.25) is 0 Å². The van der Waals surface area contributed by atoms with Gasteiger partial charge in [0.15, 0.2) is 0 Å². The van der Waals surface area contributed by atoms with Crippen LogP contribution in [-0.4, -0.2) is 40.5 Å². The smallest absolute Gasteiger partial charge is 0.255 e. The van der Waals surface area contributed by atoms with Crippen LogP contribution in [0.25, 0.3) is 0 Å². The fraction of sp³-hybridized carbons (Fsp3) is 0.333. The molecule has 2 N–H and O–H groups in total. The van der Waals surface area contributed by atoms with Gasteiger partial charge < -0.3 is 15.3 Å². The van der Waals surface area contributed by atoms with Crippen LogP contribution in [0.3, 0.4) is 0 Å². The molecule has 0 spiro atoms. The van der Waals surface area contributed by atoms with Crippen molar-refractivity contribution in [3.8, 4) is 0 Å². The summed E-state index contributed by atoms with van der Waals surface area (Å²) in [5.74, 6) is -0.396. The quantitative estimate of drug-likeness (QED) is 0.834. The van der Waals surface area contributed by atoms with E-state index in [9.17, 15) is 14.7 Å². The fourth-order valence-corrected chi connectivity index (χ4v) is 2.65. The zero-order valence-electron chi connectivity index (χ0n) is 15.7. The summed E-state index contributed by atoms with van der Waals surface area (Å²) in [6.45, 7) is 7.82. The zero-order valence-corrected chi connectivity index (χ0v) is 15.7. The lowest BCUT2D eigenvalue weighted by atomic mass is 10.1. The van der Waals surface area contributed by atoms with E-state index in [4.69, 9.17) is 0 Å². The molecule has 2 aromatic carbocycles. The van der Waals surface area contributed by atoms with Gasteiger partial charge in [0, 0.05) is 29.9 Å². The number of aliphatic hydroxyl groups is 1. The lowest BCUT2D eigenvalue weighted by Gasteiger charge is -2.28. The van der Waals surface area contributed by atoms with Crippen molar-refractivity contribution in [2.24, 2.45) is 0 Å². The van der Waals surface area contributed by atoms with Gasteiger partial charge in [0.2, 0.25) is 0 Å². The summed E-state index contributed by atoms with van der Waals surface area (Å²) in [5.41, 5.74) is 1.53. The van der Waals surface area contributed by atoms with Gasteiger partial charge in [-0.15, -0.1) is 0 Å². The molecule has 0 bridgehead atoms. The number of likely N-dealkylation sites (N-methyl/N-ethyl adjacent to an activating group) is 1. The van der Waals surface area contributed by atoms with Crippen LogP contribution in [0.15, 0.2) is 48.5 Å². The lowest BCUT2D eigenvalue weighted by molar-refractivity contribution is 0.0315. The molecule has 138 valence electrons. The predicted octanol–water partition coefficient (Wildman–Crippen LogP) is 3.48. The summed E-state index contributed by atoms with van der Waals surface area (Å²) in [6.07, 6.45) is 0. The number of nitrogens with zero attached hydrogens (tertiary/aromatic N) is 1. The summed E-state index contributed by atoms with van der Waals surface area (Å²) in [5, 5.41) is 12.9. The van der Waals surface area contributed by atoms with Crippen LogP contribution in [0, 0.1) is 6.92 Å². The number of anilines is 1. The molecule has 26 heavy (non-hydrogen) atoms. The van der Waals surface area contributed by atoms with E-state index in [2.05, 4.69) is 5.32 Å². The number of amides is 2. The van der Waals surface area contributed by atoms with Crippen molar-refractivity contribution < 1.29 is 14.7 Å². The second-order valence-electron chi connectivity index (χ2n) is 6.98. The highest BCUT2D eigenvalue weighted by molar-refractivity contribution is 6.05. The molecule has 2 amide bonds. The normalized spacial score (nSPS) is 11.1. The number of hydrogen-bond donors (Lipinski definition) is 2. The average molecular weight is 354 g/mol. The maximum Gasteiger partial charge on any atom is 0.255 e. The second kappa shape index (κ2) is 8.15. The number of nitrogens with one attached hydrogen (secondary N) is 1. The first kappa shape index (κ1) is 19.7. The van der Waals surface area contributed by atoms with Crippen LogP contribution in [0.1, 0.15) is 47.1 Å². The Balaban J connectivity index is 2.23. The van der Waals surface area contributed by atoms with Crippen molar-refractivity contribution in [3.05, 3.63) is 65.2 Å². The predicted molar refractivity (Wildman–Crippen MR) is 103 cm³/mol. The molecular formula is C21H26N2O3. The van der Waals surface area contributed by atoms with Gasteiger partial charge in [-0.25, -0.2) is 0 Å². The molecule has 2 rings (SSSR count). The zero-order chi connectivity index (χ0) is 19.3. The standard InChI is InChI=1S/C21H26N2O3/c1-5-23(14-21(3,4)26)20(25)17-12-11-15(2)18(13-17)22-19(24)16-9-7-6-8-10-16/h6-13,26H,5,14H2,1-4H3,(H,22,24). The minimum atomic E-state index is -0.972. The third kappa shape index (κ3) is 5.17. The Morgan fingerprint density at radius 3 is 2.31 bits per heavy atom. The maximum absolute atomic E-state index is 12.8. The van der Waals surface area contributed by atoms with Crippen LogP contribution in [0.5, 0.6) is 0 Å². The first-order valence-corrected chi connectivity index (χ1v) is 8.70. The number of aryl methyl sites for hydroxylation is 1. The molecule has 0 heterocycles. The molecule has 0 unspecified atom stereocenters. The molecule has 2 aromatic rings. The highest BCUT2D eigenvalue weighted by atomic mass is 16.3. The Kier molecular flexibility index (Phi) is 6.16. The van der Waals surface area contributed by atoms with Gasteiger partial charge in [-0.2, -0.15) is 0 Å². The molecule has 0 atom stereocenters. The molecule has 0 aromatic heterocycles. The Hall–Kier alpha value is -2.66. The van der Waals surface area contributed by atoms with Crippen molar-refractivity contribution in [3.63, 3.8) is 0 Å². The summed E-state index contributed by atoms with van der Waals surface area (Å²) < 4.78 is 0. The Morgan fingerprint density at radius 2 is 1.73 bits per heavy atom. The van der Waals surface area contributed by atoms with Gasteiger partial charge in [0.25, 0.3) is 11.8 Å². The number of benzene rings is 2. The Labute approximate surface area is 154 Å². The highest BCUT2D eigenvalue weighted by Gasteiger charge is 2.22. The number of hydrogen-bond acceptors (Lipinski definition) is 3. The van der Waals surface area contributed by atoms with Crippen LogP contribution < -0.4 is 5.32 Å². The molecule has 5 heteroatoms. The lowest BCUT2D eigenvalue weighted by Crippen LogP contribution is -2.42. The van der Waals surface area contributed by atoms with Crippen LogP contribution >= 0.6 is 0 Å². The summed E-state index contributed by atoms with van der Waals surface area (Å²) in [6, 6.07) is 14.2. The van der Waals surface area contributed by atoms with Crippen molar-refractivity contribution in [2.45, 2.75) is 33.3 Å². The van der Waals surface area contributed by atoms with Crippen molar-refractivity contribution in [1.29, 1.82) is 0 Å². The van der Waals surface area contributed by atoms with E-state index in [1.165, 1.54) is 0 Å². The van der Waals surface area contributed by atoms with E-state index in [0.717, 1.165) is 5.56 Å². The highest BCUT2D eigenvalue weighted by Crippen LogP contribution is 2.20. The molecule has 0 aliphatic rings. The maximum atomic E-state index is 12.8. The van der Waals surface area contributed by atoms with E-state index in [0.29, 0.717) is 23.4 Å². The first-order chi connectivity index (χ1) is 12.2. The number of rotatable bonds is 6. The largest absolute Gasteiger partial charge is 0.389 e. The topological polar surface area (TPSA) is 69.6 Å². The molecule has 0 saturated heterocycles. The molecule has 0 aliphatic carbocycles.